The number of morpholine rings is 1. The second-order valence-electron chi connectivity index (χ2n) is 7.90. The lowest BCUT2D eigenvalue weighted by Gasteiger charge is -2.26. The van der Waals surface area contributed by atoms with Crippen molar-refractivity contribution in [3.63, 3.8) is 0 Å². The first-order chi connectivity index (χ1) is 15.8. The summed E-state index contributed by atoms with van der Waals surface area (Å²) in [7, 11) is 3.70. The quantitative estimate of drug-likeness (QED) is 0.505. The van der Waals surface area contributed by atoms with Crippen molar-refractivity contribution in [2.45, 2.75) is 6.42 Å². The second-order valence-corrected chi connectivity index (χ2v) is 8.31. The summed E-state index contributed by atoms with van der Waals surface area (Å²) in [6, 6.07) is 8.48. The molecule has 0 atom stereocenters. The maximum absolute atomic E-state index is 13.3. The molecular formula is C23H29ClFN5O3. The van der Waals surface area contributed by atoms with E-state index >= 15 is 0 Å². The zero-order valence-electron chi connectivity index (χ0n) is 18.8. The highest BCUT2D eigenvalue weighted by Gasteiger charge is 2.16. The zero-order valence-corrected chi connectivity index (χ0v) is 19.5. The number of rotatable bonds is 8. The van der Waals surface area contributed by atoms with Crippen LogP contribution < -0.4 is 20.9 Å². The molecule has 3 amide bonds. The van der Waals surface area contributed by atoms with Crippen molar-refractivity contribution in [1.82, 2.24) is 10.2 Å². The molecule has 0 saturated carbocycles. The number of carbonyl (C=O) groups is 2. The Labute approximate surface area is 198 Å². The molecule has 2 aromatic rings. The third-order valence-corrected chi connectivity index (χ3v) is 5.49. The molecule has 0 unspecified atom stereocenters. The molecule has 0 radical (unpaired) electrons. The van der Waals surface area contributed by atoms with E-state index in [4.69, 9.17) is 16.3 Å². The molecule has 1 heterocycles. The van der Waals surface area contributed by atoms with Crippen LogP contribution in [0, 0.1) is 5.82 Å². The van der Waals surface area contributed by atoms with Crippen molar-refractivity contribution in [3.05, 3.63) is 52.8 Å². The molecule has 0 bridgehead atoms. The molecule has 0 aromatic heterocycles. The average molecular weight is 478 g/mol. The van der Waals surface area contributed by atoms with Crippen molar-refractivity contribution in [1.29, 1.82) is 0 Å². The minimum absolute atomic E-state index is 0.0873. The van der Waals surface area contributed by atoms with E-state index < -0.39 is 11.8 Å². The predicted octanol–water partition coefficient (Wildman–Crippen LogP) is 3.64. The highest BCUT2D eigenvalue weighted by Crippen LogP contribution is 2.24. The number of nitrogens with one attached hydrogen (secondary N) is 3. The Morgan fingerprint density at radius 1 is 1.09 bits per heavy atom. The third kappa shape index (κ3) is 7.31. The Hall–Kier alpha value is -2.88. The van der Waals surface area contributed by atoms with Crippen LogP contribution in [0.4, 0.5) is 26.2 Å². The minimum Gasteiger partial charge on any atom is -0.379 e. The summed E-state index contributed by atoms with van der Waals surface area (Å²) < 4.78 is 18.7. The molecule has 1 aliphatic heterocycles. The second kappa shape index (κ2) is 11.8. The lowest BCUT2D eigenvalue weighted by molar-refractivity contribution is 0.0374. The number of carbonyl (C=O) groups excluding carboxylic acids is 2. The van der Waals surface area contributed by atoms with Crippen molar-refractivity contribution >= 4 is 40.6 Å². The number of anilines is 3. The number of hydrogen-bond acceptors (Lipinski definition) is 5. The molecule has 178 valence electrons. The van der Waals surface area contributed by atoms with E-state index in [-0.39, 0.29) is 10.9 Å². The molecule has 3 rings (SSSR count). The first kappa shape index (κ1) is 24.8. The van der Waals surface area contributed by atoms with Crippen molar-refractivity contribution in [2.75, 3.05) is 69.0 Å². The maximum atomic E-state index is 13.3. The minimum atomic E-state index is -0.567. The van der Waals surface area contributed by atoms with Gasteiger partial charge in [0.25, 0.3) is 5.91 Å². The highest BCUT2D eigenvalue weighted by molar-refractivity contribution is 6.31. The number of urea groups is 1. The number of hydrogen-bond donors (Lipinski definition) is 3. The first-order valence-electron chi connectivity index (χ1n) is 10.8. The van der Waals surface area contributed by atoms with E-state index in [2.05, 4.69) is 20.9 Å². The van der Waals surface area contributed by atoms with E-state index in [1.54, 1.807) is 18.2 Å². The van der Waals surface area contributed by atoms with Gasteiger partial charge in [0.1, 0.15) is 5.82 Å². The van der Waals surface area contributed by atoms with Crippen LogP contribution >= 0.6 is 11.6 Å². The van der Waals surface area contributed by atoms with Gasteiger partial charge in [-0.05, 0) is 49.4 Å². The first-order valence-corrected chi connectivity index (χ1v) is 11.1. The van der Waals surface area contributed by atoms with Gasteiger partial charge >= 0.3 is 6.03 Å². The lowest BCUT2D eigenvalue weighted by Crippen LogP contribution is -2.38. The summed E-state index contributed by atoms with van der Waals surface area (Å²) in [5.74, 6) is -0.780. The monoisotopic (exact) mass is 477 g/mol. The Bertz CT molecular complexity index is 983. The van der Waals surface area contributed by atoms with E-state index in [0.717, 1.165) is 45.0 Å². The van der Waals surface area contributed by atoms with Crippen molar-refractivity contribution in [2.24, 2.45) is 0 Å². The lowest BCUT2D eigenvalue weighted by atomic mass is 10.1. The molecule has 2 aromatic carbocycles. The largest absolute Gasteiger partial charge is 0.379 e. The van der Waals surface area contributed by atoms with Gasteiger partial charge in [0.2, 0.25) is 0 Å². The van der Waals surface area contributed by atoms with Crippen LogP contribution in [0.2, 0.25) is 5.02 Å². The number of benzene rings is 2. The van der Waals surface area contributed by atoms with Crippen LogP contribution in [0.1, 0.15) is 16.8 Å². The van der Waals surface area contributed by atoms with Crippen LogP contribution in [-0.4, -0.2) is 70.3 Å². The van der Waals surface area contributed by atoms with Gasteiger partial charge in [0.15, 0.2) is 0 Å². The zero-order chi connectivity index (χ0) is 23.8. The van der Waals surface area contributed by atoms with Crippen molar-refractivity contribution in [3.8, 4) is 0 Å². The van der Waals surface area contributed by atoms with Gasteiger partial charge in [-0.3, -0.25) is 9.69 Å². The molecule has 33 heavy (non-hydrogen) atoms. The highest BCUT2D eigenvalue weighted by atomic mass is 35.5. The summed E-state index contributed by atoms with van der Waals surface area (Å²) in [4.78, 5) is 29.4. The van der Waals surface area contributed by atoms with Crippen LogP contribution in [0.15, 0.2) is 36.4 Å². The number of amides is 3. The Balaban J connectivity index is 1.59. The summed E-state index contributed by atoms with van der Waals surface area (Å²) >= 11 is 5.75. The summed E-state index contributed by atoms with van der Waals surface area (Å²) in [6.07, 6.45) is 0.837. The van der Waals surface area contributed by atoms with E-state index in [9.17, 15) is 14.0 Å². The Morgan fingerprint density at radius 2 is 1.76 bits per heavy atom. The van der Waals surface area contributed by atoms with Gasteiger partial charge in [-0.2, -0.15) is 0 Å². The molecule has 1 saturated heterocycles. The Kier molecular flexibility index (Phi) is 8.87. The van der Waals surface area contributed by atoms with Crippen LogP contribution in [-0.2, 0) is 4.74 Å². The molecule has 8 nitrogen and oxygen atoms in total. The average Bonchev–Trinajstić information content (AvgIpc) is 2.79. The van der Waals surface area contributed by atoms with E-state index in [1.807, 2.05) is 19.0 Å². The topological polar surface area (TPSA) is 85.9 Å². The van der Waals surface area contributed by atoms with Crippen molar-refractivity contribution < 1.29 is 18.7 Å². The third-order valence-electron chi connectivity index (χ3n) is 5.20. The smallest absolute Gasteiger partial charge is 0.323 e. The number of nitrogens with zero attached hydrogens (tertiary/aromatic N) is 2. The molecule has 0 spiro atoms. The van der Waals surface area contributed by atoms with Gasteiger partial charge in [-0.25, -0.2) is 9.18 Å². The fourth-order valence-corrected chi connectivity index (χ4v) is 3.66. The van der Waals surface area contributed by atoms with Crippen LogP contribution in [0.3, 0.4) is 0 Å². The summed E-state index contributed by atoms with van der Waals surface area (Å²) in [5.41, 5.74) is 1.98. The number of halogens is 2. The molecule has 3 N–H and O–H groups in total. The normalized spacial score (nSPS) is 13.9. The van der Waals surface area contributed by atoms with E-state index in [0.29, 0.717) is 23.5 Å². The van der Waals surface area contributed by atoms with E-state index in [1.165, 1.54) is 18.2 Å². The van der Waals surface area contributed by atoms with Gasteiger partial charge in [0, 0.05) is 50.8 Å². The van der Waals surface area contributed by atoms with Gasteiger partial charge in [-0.1, -0.05) is 11.6 Å². The standard InChI is InChI=1S/C23H29ClFN5O3/c1-29(2)21-7-5-16(27-23(32)28-17-4-6-20(25)19(24)15-17)14-18(21)22(31)26-8-3-9-30-10-12-33-13-11-30/h4-7,14-15H,3,8-13H2,1-2H3,(H,26,31)(H2,27,28,32). The molecule has 1 aliphatic rings. The number of ether oxygens (including phenoxy) is 1. The summed E-state index contributed by atoms with van der Waals surface area (Å²) in [6.45, 7) is 4.78. The SMILES string of the molecule is CN(C)c1ccc(NC(=O)Nc2ccc(F)c(Cl)c2)cc1C(=O)NCCCN1CCOCC1. The Morgan fingerprint density at radius 3 is 2.42 bits per heavy atom. The molecule has 10 heteroatoms. The van der Waals surface area contributed by atoms with Gasteiger partial charge < -0.3 is 25.6 Å². The fraction of sp³-hybridized carbons (Fsp3) is 0.391. The predicted molar refractivity (Wildman–Crippen MR) is 129 cm³/mol. The van der Waals surface area contributed by atoms with Crippen LogP contribution in [0.5, 0.6) is 0 Å². The molecule has 1 fully saturated rings. The maximum Gasteiger partial charge on any atom is 0.323 e. The van der Waals surface area contributed by atoms with Gasteiger partial charge in [0.05, 0.1) is 23.8 Å². The van der Waals surface area contributed by atoms with Crippen LogP contribution in [0.25, 0.3) is 0 Å². The summed E-state index contributed by atoms with van der Waals surface area (Å²) in [5, 5.41) is 8.16. The molecular weight excluding hydrogens is 449 g/mol. The fourth-order valence-electron chi connectivity index (χ4n) is 3.48. The van der Waals surface area contributed by atoms with Gasteiger partial charge in [-0.15, -0.1) is 0 Å². The molecule has 0 aliphatic carbocycles.